The first-order valence-corrected chi connectivity index (χ1v) is 6.69. The standard InChI is InChI=1S/C13H13FN2O3S/c1-3-18-12(17)8-4-11(9(14)5-10(8)15)20-13-16-7(2)6-19-13/h4-6H,3,15H2,1-2H3. The van der Waals surface area contributed by atoms with Crippen LogP contribution in [0.15, 0.2) is 32.9 Å². The van der Waals surface area contributed by atoms with Crippen LogP contribution in [0.25, 0.3) is 0 Å². The maximum atomic E-state index is 13.8. The van der Waals surface area contributed by atoms with Gasteiger partial charge in [0.2, 0.25) is 0 Å². The Bertz CT molecular complexity index is 643. The van der Waals surface area contributed by atoms with Crippen LogP contribution in [-0.4, -0.2) is 17.6 Å². The van der Waals surface area contributed by atoms with Crippen LogP contribution < -0.4 is 5.73 Å². The van der Waals surface area contributed by atoms with E-state index in [1.54, 1.807) is 13.8 Å². The van der Waals surface area contributed by atoms with Crippen molar-refractivity contribution < 1.29 is 18.3 Å². The lowest BCUT2D eigenvalue weighted by molar-refractivity contribution is 0.0527. The average Bonchev–Trinajstić information content (AvgIpc) is 2.78. The second-order valence-corrected chi connectivity index (χ2v) is 4.94. The summed E-state index contributed by atoms with van der Waals surface area (Å²) in [5.41, 5.74) is 6.48. The average molecular weight is 296 g/mol. The number of oxazole rings is 1. The normalized spacial score (nSPS) is 10.6. The van der Waals surface area contributed by atoms with Crippen LogP contribution in [0.3, 0.4) is 0 Å². The highest BCUT2D eigenvalue weighted by Crippen LogP contribution is 2.32. The van der Waals surface area contributed by atoms with Crippen LogP contribution in [0, 0.1) is 12.7 Å². The van der Waals surface area contributed by atoms with Crippen LogP contribution in [0.4, 0.5) is 10.1 Å². The molecule has 1 aromatic carbocycles. The van der Waals surface area contributed by atoms with Gasteiger partial charge in [-0.1, -0.05) is 0 Å². The van der Waals surface area contributed by atoms with Gasteiger partial charge in [0.05, 0.1) is 22.8 Å². The lowest BCUT2D eigenvalue weighted by atomic mass is 10.2. The van der Waals surface area contributed by atoms with E-state index in [4.69, 9.17) is 14.9 Å². The zero-order valence-electron chi connectivity index (χ0n) is 11.0. The molecule has 20 heavy (non-hydrogen) atoms. The zero-order chi connectivity index (χ0) is 14.7. The van der Waals surface area contributed by atoms with Gasteiger partial charge in [0.25, 0.3) is 5.22 Å². The molecule has 0 atom stereocenters. The summed E-state index contributed by atoms with van der Waals surface area (Å²) in [5.74, 6) is -1.13. The topological polar surface area (TPSA) is 78.3 Å². The molecule has 2 N–H and O–H groups in total. The number of hydrogen-bond donors (Lipinski definition) is 1. The SMILES string of the molecule is CCOC(=O)c1cc(Sc2nc(C)co2)c(F)cc1N. The van der Waals surface area contributed by atoms with E-state index in [0.29, 0.717) is 10.9 Å². The Labute approximate surface area is 119 Å². The molecule has 106 valence electrons. The fourth-order valence-corrected chi connectivity index (χ4v) is 2.31. The fourth-order valence-electron chi connectivity index (χ4n) is 1.51. The van der Waals surface area contributed by atoms with Gasteiger partial charge in [-0.05, 0) is 37.7 Å². The molecule has 0 bridgehead atoms. The molecule has 1 heterocycles. The van der Waals surface area contributed by atoms with Gasteiger partial charge in [-0.15, -0.1) is 0 Å². The summed E-state index contributed by atoms with van der Waals surface area (Å²) in [6.07, 6.45) is 1.46. The zero-order valence-corrected chi connectivity index (χ0v) is 11.8. The summed E-state index contributed by atoms with van der Waals surface area (Å²) in [5, 5.41) is 0.293. The van der Waals surface area contributed by atoms with Gasteiger partial charge >= 0.3 is 5.97 Å². The summed E-state index contributed by atoms with van der Waals surface area (Å²) in [4.78, 5) is 16.0. The van der Waals surface area contributed by atoms with Crippen LogP contribution in [0.2, 0.25) is 0 Å². The van der Waals surface area contributed by atoms with Gasteiger partial charge in [0.1, 0.15) is 12.1 Å². The van der Waals surface area contributed by atoms with E-state index in [-0.39, 0.29) is 22.8 Å². The highest BCUT2D eigenvalue weighted by atomic mass is 32.2. The monoisotopic (exact) mass is 296 g/mol. The Morgan fingerprint density at radius 3 is 2.90 bits per heavy atom. The third-order valence-electron chi connectivity index (χ3n) is 2.39. The first-order chi connectivity index (χ1) is 9.51. The van der Waals surface area contributed by atoms with Crippen molar-refractivity contribution in [2.45, 2.75) is 24.0 Å². The Kier molecular flexibility index (Phi) is 4.29. The highest BCUT2D eigenvalue weighted by Gasteiger charge is 2.17. The Morgan fingerprint density at radius 1 is 1.55 bits per heavy atom. The molecule has 0 saturated heterocycles. The molecule has 0 unspecified atom stereocenters. The Hall–Kier alpha value is -2.02. The molecule has 0 spiro atoms. The lowest BCUT2D eigenvalue weighted by Crippen LogP contribution is -2.08. The number of nitrogens with two attached hydrogens (primary N) is 1. The first-order valence-electron chi connectivity index (χ1n) is 5.87. The van der Waals surface area contributed by atoms with E-state index < -0.39 is 11.8 Å². The quantitative estimate of drug-likeness (QED) is 0.690. The number of nitrogens with zero attached hydrogens (tertiary/aromatic N) is 1. The molecule has 0 saturated carbocycles. The molecule has 0 aliphatic heterocycles. The predicted octanol–water partition coefficient (Wildman–Crippen LogP) is 3.03. The fraction of sp³-hybridized carbons (Fsp3) is 0.231. The highest BCUT2D eigenvalue weighted by molar-refractivity contribution is 7.99. The lowest BCUT2D eigenvalue weighted by Gasteiger charge is -2.08. The molecule has 0 amide bonds. The molecule has 0 aliphatic carbocycles. The number of anilines is 1. The molecular weight excluding hydrogens is 283 g/mol. The number of carbonyl (C=O) groups excluding carboxylic acids is 1. The summed E-state index contributed by atoms with van der Waals surface area (Å²) < 4.78 is 23.9. The largest absolute Gasteiger partial charge is 0.462 e. The van der Waals surface area contributed by atoms with Crippen molar-refractivity contribution in [1.29, 1.82) is 0 Å². The van der Waals surface area contributed by atoms with Gasteiger partial charge < -0.3 is 14.9 Å². The van der Waals surface area contributed by atoms with Gasteiger partial charge in [-0.3, -0.25) is 0 Å². The smallest absolute Gasteiger partial charge is 0.340 e. The molecule has 1 aromatic heterocycles. The van der Waals surface area contributed by atoms with E-state index in [2.05, 4.69) is 4.98 Å². The van der Waals surface area contributed by atoms with E-state index >= 15 is 0 Å². The van der Waals surface area contributed by atoms with Crippen LogP contribution >= 0.6 is 11.8 Å². The number of rotatable bonds is 4. The Morgan fingerprint density at radius 2 is 2.30 bits per heavy atom. The number of halogens is 1. The second-order valence-electron chi connectivity index (χ2n) is 3.95. The van der Waals surface area contributed by atoms with Crippen molar-refractivity contribution in [2.24, 2.45) is 0 Å². The van der Waals surface area contributed by atoms with Crippen LogP contribution in [0.1, 0.15) is 23.0 Å². The van der Waals surface area contributed by atoms with Gasteiger partial charge in [-0.2, -0.15) is 0 Å². The molecule has 0 aliphatic rings. The summed E-state index contributed by atoms with van der Waals surface area (Å²) in [7, 11) is 0. The third kappa shape index (κ3) is 3.11. The molecular formula is C13H13FN2O3S. The molecule has 0 radical (unpaired) electrons. The number of aryl methyl sites for hydroxylation is 1. The van der Waals surface area contributed by atoms with E-state index in [0.717, 1.165) is 17.8 Å². The number of benzene rings is 1. The van der Waals surface area contributed by atoms with Crippen LogP contribution in [-0.2, 0) is 4.74 Å². The summed E-state index contributed by atoms with van der Waals surface area (Å²) >= 11 is 0.977. The molecule has 7 heteroatoms. The van der Waals surface area contributed by atoms with Crippen molar-refractivity contribution in [1.82, 2.24) is 4.98 Å². The van der Waals surface area contributed by atoms with Crippen LogP contribution in [0.5, 0.6) is 0 Å². The minimum Gasteiger partial charge on any atom is -0.462 e. The maximum absolute atomic E-state index is 13.8. The molecule has 5 nitrogen and oxygen atoms in total. The molecule has 2 aromatic rings. The van der Waals surface area contributed by atoms with E-state index in [9.17, 15) is 9.18 Å². The third-order valence-corrected chi connectivity index (χ3v) is 3.29. The van der Waals surface area contributed by atoms with Crippen molar-refractivity contribution in [2.75, 3.05) is 12.3 Å². The number of esters is 1. The second kappa shape index (κ2) is 5.96. The van der Waals surface area contributed by atoms with Crippen molar-refractivity contribution >= 4 is 23.4 Å². The van der Waals surface area contributed by atoms with Gasteiger partial charge in [0, 0.05) is 5.69 Å². The molecule has 0 fully saturated rings. The van der Waals surface area contributed by atoms with E-state index in [1.165, 1.54) is 12.3 Å². The first kappa shape index (κ1) is 14.4. The number of nitrogen functional groups attached to an aromatic ring is 1. The Balaban J connectivity index is 2.33. The van der Waals surface area contributed by atoms with Crippen molar-refractivity contribution in [3.8, 4) is 0 Å². The minimum absolute atomic E-state index is 0.0360. The molecule has 2 rings (SSSR count). The number of carbonyl (C=O) groups is 1. The summed E-state index contributed by atoms with van der Waals surface area (Å²) in [6, 6.07) is 2.43. The number of ether oxygens (including phenoxy) is 1. The summed E-state index contributed by atoms with van der Waals surface area (Å²) in [6.45, 7) is 3.66. The van der Waals surface area contributed by atoms with Gasteiger partial charge in [0.15, 0.2) is 0 Å². The van der Waals surface area contributed by atoms with Gasteiger partial charge in [-0.25, -0.2) is 14.2 Å². The van der Waals surface area contributed by atoms with Crippen molar-refractivity contribution in [3.63, 3.8) is 0 Å². The maximum Gasteiger partial charge on any atom is 0.340 e. The van der Waals surface area contributed by atoms with E-state index in [1.807, 2.05) is 0 Å². The number of hydrogen-bond acceptors (Lipinski definition) is 6. The minimum atomic E-state index is -0.588. The predicted molar refractivity (Wildman–Crippen MR) is 72.1 cm³/mol. The van der Waals surface area contributed by atoms with Crippen molar-refractivity contribution in [3.05, 3.63) is 35.5 Å². The number of aromatic nitrogens is 1.